The summed E-state index contributed by atoms with van der Waals surface area (Å²) >= 11 is 0. The molecule has 0 saturated heterocycles. The van der Waals surface area contributed by atoms with Crippen molar-refractivity contribution in [2.24, 2.45) is 0 Å². The fourth-order valence-electron chi connectivity index (χ4n) is 1.69. The predicted molar refractivity (Wildman–Crippen MR) is 65.1 cm³/mol. The van der Waals surface area contributed by atoms with Crippen LogP contribution in [0.1, 0.15) is 27.4 Å². The van der Waals surface area contributed by atoms with Crippen molar-refractivity contribution in [1.29, 1.82) is 0 Å². The quantitative estimate of drug-likeness (QED) is 0.735. The van der Waals surface area contributed by atoms with E-state index >= 15 is 0 Å². The van der Waals surface area contributed by atoms with Crippen molar-refractivity contribution >= 4 is 5.97 Å². The van der Waals surface area contributed by atoms with E-state index in [-0.39, 0.29) is 0 Å². The monoisotopic (exact) mass is 246 g/mol. The lowest BCUT2D eigenvalue weighted by atomic mass is 10.2. The molecule has 0 spiro atoms. The molecule has 0 amide bonds. The smallest absolute Gasteiger partial charge is 0.337 e. The number of carboxylic acids is 1. The van der Waals surface area contributed by atoms with Crippen LogP contribution in [0.2, 0.25) is 0 Å². The minimum Gasteiger partial charge on any atom is -0.478 e. The lowest BCUT2D eigenvalue weighted by Crippen LogP contribution is -2.13. The highest BCUT2D eigenvalue weighted by molar-refractivity contribution is 5.89. The third-order valence-electron chi connectivity index (χ3n) is 2.57. The van der Waals surface area contributed by atoms with E-state index in [9.17, 15) is 4.79 Å². The average molecular weight is 246 g/mol. The molecule has 0 aliphatic heterocycles. The Bertz CT molecular complexity index is 536. The molecular weight excluding hydrogens is 232 g/mol. The van der Waals surface area contributed by atoms with Crippen LogP contribution in [0, 0.1) is 6.92 Å². The summed E-state index contributed by atoms with van der Waals surface area (Å²) in [5.74, 6) is -0.911. The zero-order chi connectivity index (χ0) is 13.0. The van der Waals surface area contributed by atoms with Gasteiger partial charge in [0.15, 0.2) is 0 Å². The molecule has 2 rings (SSSR count). The van der Waals surface area contributed by atoms with E-state index in [1.54, 1.807) is 19.2 Å². The Morgan fingerprint density at radius 2 is 2.33 bits per heavy atom. The first kappa shape index (κ1) is 12.3. The van der Waals surface area contributed by atoms with Crippen LogP contribution < -0.4 is 5.32 Å². The van der Waals surface area contributed by atoms with Gasteiger partial charge in [0.2, 0.25) is 0 Å². The molecular formula is C12H14N4O2. The summed E-state index contributed by atoms with van der Waals surface area (Å²) in [6, 6.07) is 3.47. The minimum absolute atomic E-state index is 0.314. The Kier molecular flexibility index (Phi) is 3.69. The van der Waals surface area contributed by atoms with Gasteiger partial charge in [0.1, 0.15) is 6.33 Å². The lowest BCUT2D eigenvalue weighted by Gasteiger charge is -2.01. The molecule has 0 radical (unpaired) electrons. The van der Waals surface area contributed by atoms with Crippen LogP contribution in [-0.4, -0.2) is 26.0 Å². The predicted octanol–water partition coefficient (Wildman–Crippen LogP) is 1.10. The van der Waals surface area contributed by atoms with Crippen LogP contribution >= 0.6 is 0 Å². The van der Waals surface area contributed by atoms with Crippen molar-refractivity contribution in [3.63, 3.8) is 0 Å². The second-order valence-electron chi connectivity index (χ2n) is 3.94. The van der Waals surface area contributed by atoms with Crippen molar-refractivity contribution in [1.82, 2.24) is 20.3 Å². The number of rotatable bonds is 5. The number of aromatic nitrogens is 3. The second-order valence-corrected chi connectivity index (χ2v) is 3.94. The van der Waals surface area contributed by atoms with E-state index in [1.165, 1.54) is 6.33 Å². The molecule has 94 valence electrons. The van der Waals surface area contributed by atoms with E-state index < -0.39 is 5.97 Å². The minimum atomic E-state index is -0.911. The summed E-state index contributed by atoms with van der Waals surface area (Å²) in [5.41, 5.74) is 2.72. The summed E-state index contributed by atoms with van der Waals surface area (Å²) in [6.07, 6.45) is 3.18. The molecule has 0 unspecified atom stereocenters. The molecule has 3 N–H and O–H groups in total. The molecule has 6 nitrogen and oxygen atoms in total. The summed E-state index contributed by atoms with van der Waals surface area (Å²) < 4.78 is 0. The Hall–Kier alpha value is -2.21. The van der Waals surface area contributed by atoms with E-state index in [4.69, 9.17) is 5.11 Å². The molecule has 2 heterocycles. The van der Waals surface area contributed by atoms with Crippen LogP contribution in [-0.2, 0) is 13.1 Å². The maximum absolute atomic E-state index is 10.9. The topological polar surface area (TPSA) is 90.9 Å². The van der Waals surface area contributed by atoms with Crippen LogP contribution in [0.5, 0.6) is 0 Å². The maximum atomic E-state index is 10.9. The van der Waals surface area contributed by atoms with Crippen molar-refractivity contribution in [2.45, 2.75) is 20.0 Å². The molecule has 2 aromatic rings. The largest absolute Gasteiger partial charge is 0.478 e. The van der Waals surface area contributed by atoms with Gasteiger partial charge in [-0.15, -0.1) is 0 Å². The number of aromatic amines is 1. The van der Waals surface area contributed by atoms with Crippen molar-refractivity contribution in [3.05, 3.63) is 47.3 Å². The normalized spacial score (nSPS) is 10.5. The fourth-order valence-corrected chi connectivity index (χ4v) is 1.69. The third-order valence-corrected chi connectivity index (χ3v) is 2.57. The van der Waals surface area contributed by atoms with Gasteiger partial charge >= 0.3 is 5.97 Å². The molecule has 0 saturated carbocycles. The van der Waals surface area contributed by atoms with Gasteiger partial charge in [-0.3, -0.25) is 0 Å². The summed E-state index contributed by atoms with van der Waals surface area (Å²) in [4.78, 5) is 21.8. The second kappa shape index (κ2) is 5.42. The van der Waals surface area contributed by atoms with Gasteiger partial charge in [-0.2, -0.15) is 0 Å². The Balaban J connectivity index is 1.91. The van der Waals surface area contributed by atoms with Crippen molar-refractivity contribution in [2.75, 3.05) is 0 Å². The first-order chi connectivity index (χ1) is 8.66. The van der Waals surface area contributed by atoms with Gasteiger partial charge in [0.25, 0.3) is 0 Å². The van der Waals surface area contributed by atoms with Gasteiger partial charge in [-0.25, -0.2) is 14.8 Å². The molecule has 0 atom stereocenters. The van der Waals surface area contributed by atoms with Crippen molar-refractivity contribution < 1.29 is 9.90 Å². The molecule has 0 aliphatic carbocycles. The molecule has 18 heavy (non-hydrogen) atoms. The summed E-state index contributed by atoms with van der Waals surface area (Å²) in [5, 5.41) is 12.1. The fraction of sp³-hybridized carbons (Fsp3) is 0.250. The van der Waals surface area contributed by atoms with E-state index in [0.29, 0.717) is 24.3 Å². The summed E-state index contributed by atoms with van der Waals surface area (Å²) in [6.45, 7) is 2.93. The highest BCUT2D eigenvalue weighted by Crippen LogP contribution is 2.09. The number of carboxylic acid groups (broad SMARTS) is 1. The number of hydrogen-bond acceptors (Lipinski definition) is 4. The highest BCUT2D eigenvalue weighted by atomic mass is 16.4. The zero-order valence-corrected chi connectivity index (χ0v) is 9.97. The number of H-pyrrole nitrogens is 1. The Labute approximate surface area is 104 Å². The average Bonchev–Trinajstić information content (AvgIpc) is 2.72. The molecule has 6 heteroatoms. The molecule has 0 aromatic carbocycles. The number of nitrogens with zero attached hydrogens (tertiary/aromatic N) is 2. The first-order valence-electron chi connectivity index (χ1n) is 5.54. The number of aromatic carboxylic acids is 1. The van der Waals surface area contributed by atoms with Crippen LogP contribution in [0.3, 0.4) is 0 Å². The van der Waals surface area contributed by atoms with E-state index in [0.717, 1.165) is 11.4 Å². The first-order valence-corrected chi connectivity index (χ1v) is 5.54. The third kappa shape index (κ3) is 2.92. The van der Waals surface area contributed by atoms with E-state index in [2.05, 4.69) is 20.3 Å². The molecule has 2 aromatic heterocycles. The molecule has 0 fully saturated rings. The van der Waals surface area contributed by atoms with Gasteiger partial charge < -0.3 is 15.4 Å². The zero-order valence-electron chi connectivity index (χ0n) is 9.97. The molecule has 0 bridgehead atoms. The Morgan fingerprint density at radius 3 is 2.94 bits per heavy atom. The van der Waals surface area contributed by atoms with Gasteiger partial charge in [-0.1, -0.05) is 0 Å². The SMILES string of the molecule is Cc1[nH]c(CNCc2ccncn2)cc1C(=O)O. The number of hydrogen-bond donors (Lipinski definition) is 3. The summed E-state index contributed by atoms with van der Waals surface area (Å²) in [7, 11) is 0. The maximum Gasteiger partial charge on any atom is 0.337 e. The standard InChI is InChI=1S/C12H14N4O2/c1-8-11(12(17)18)4-10(16-8)6-14-5-9-2-3-13-7-15-9/h2-4,7,14,16H,5-6H2,1H3,(H,17,18). The van der Waals surface area contributed by atoms with Gasteiger partial charge in [0.05, 0.1) is 11.3 Å². The van der Waals surface area contributed by atoms with Crippen LogP contribution in [0.25, 0.3) is 0 Å². The highest BCUT2D eigenvalue weighted by Gasteiger charge is 2.10. The molecule has 0 aliphatic rings. The van der Waals surface area contributed by atoms with Crippen LogP contribution in [0.15, 0.2) is 24.7 Å². The van der Waals surface area contributed by atoms with E-state index in [1.807, 2.05) is 6.07 Å². The van der Waals surface area contributed by atoms with Gasteiger partial charge in [0, 0.05) is 30.7 Å². The lowest BCUT2D eigenvalue weighted by molar-refractivity contribution is 0.0696. The number of aryl methyl sites for hydroxylation is 1. The van der Waals surface area contributed by atoms with Crippen molar-refractivity contribution in [3.8, 4) is 0 Å². The van der Waals surface area contributed by atoms with Crippen LogP contribution in [0.4, 0.5) is 0 Å². The Morgan fingerprint density at radius 1 is 1.50 bits per heavy atom. The number of carbonyl (C=O) groups is 1. The van der Waals surface area contributed by atoms with Gasteiger partial charge in [-0.05, 0) is 19.1 Å². The number of nitrogens with one attached hydrogen (secondary N) is 2.